The number of carboxylic acid groups (broad SMARTS) is 1. The van der Waals surface area contributed by atoms with E-state index < -0.39 is 11.6 Å². The molecule has 1 fully saturated rings. The van der Waals surface area contributed by atoms with Crippen LogP contribution >= 0.6 is 0 Å². The van der Waals surface area contributed by atoms with Crippen molar-refractivity contribution in [2.75, 3.05) is 19.6 Å². The number of nitrogens with two attached hydrogens (primary N) is 1. The molecule has 0 bridgehead atoms. The highest BCUT2D eigenvalue weighted by molar-refractivity contribution is 5.74. The van der Waals surface area contributed by atoms with Crippen LogP contribution < -0.4 is 11.1 Å². The van der Waals surface area contributed by atoms with Gasteiger partial charge >= 0.3 is 6.03 Å². The van der Waals surface area contributed by atoms with E-state index in [9.17, 15) is 4.79 Å². The number of amides is 2. The highest BCUT2D eigenvalue weighted by Crippen LogP contribution is 2.33. The molecule has 0 spiro atoms. The highest BCUT2D eigenvalue weighted by atomic mass is 16.3. The van der Waals surface area contributed by atoms with Crippen molar-refractivity contribution in [3.63, 3.8) is 0 Å². The van der Waals surface area contributed by atoms with Crippen LogP contribution in [0.3, 0.4) is 0 Å². The number of pyridine rings is 1. The maximum Gasteiger partial charge on any atom is 0.316 e. The normalized spacial score (nSPS) is 19.8. The first-order valence-corrected chi connectivity index (χ1v) is 7.21. The van der Waals surface area contributed by atoms with Crippen LogP contribution in [0, 0.1) is 0 Å². The molecule has 2 aromatic heterocycles. The highest BCUT2D eigenvalue weighted by Gasteiger charge is 2.47. The molecule has 0 saturated carbocycles. The van der Waals surface area contributed by atoms with Gasteiger partial charge in [-0.1, -0.05) is 6.07 Å². The molecule has 24 heavy (non-hydrogen) atoms. The summed E-state index contributed by atoms with van der Waals surface area (Å²) in [6, 6.07) is 6.80. The first kappa shape index (κ1) is 17.3. The van der Waals surface area contributed by atoms with Crippen LogP contribution in [-0.2, 0) is 10.3 Å². The molecule has 126 valence electrons. The summed E-state index contributed by atoms with van der Waals surface area (Å²) in [5.41, 5.74) is 5.41. The van der Waals surface area contributed by atoms with E-state index in [0.717, 1.165) is 0 Å². The summed E-state index contributed by atoms with van der Waals surface area (Å²) in [4.78, 5) is 35.0. The predicted molar refractivity (Wildman–Crippen MR) is 84.9 cm³/mol. The van der Waals surface area contributed by atoms with Crippen LogP contribution in [-0.4, -0.2) is 57.1 Å². The van der Waals surface area contributed by atoms with Crippen molar-refractivity contribution in [1.82, 2.24) is 25.2 Å². The lowest BCUT2D eigenvalue weighted by Crippen LogP contribution is -2.63. The second kappa shape index (κ2) is 7.97. The van der Waals surface area contributed by atoms with Gasteiger partial charge in [0.2, 0.25) is 0 Å². The molecule has 1 aliphatic rings. The molecule has 1 unspecified atom stereocenters. The van der Waals surface area contributed by atoms with Gasteiger partial charge in [0.05, 0.1) is 5.69 Å². The van der Waals surface area contributed by atoms with Gasteiger partial charge in [0.25, 0.3) is 6.47 Å². The van der Waals surface area contributed by atoms with Gasteiger partial charge < -0.3 is 21.1 Å². The first-order valence-electron chi connectivity index (χ1n) is 7.21. The SMILES string of the molecule is NC(=O)N1CCNCC1(c1ccccn1)c1ncccn1.O=CO. The Morgan fingerprint density at radius 2 is 1.92 bits per heavy atom. The summed E-state index contributed by atoms with van der Waals surface area (Å²) < 4.78 is 0. The third-order valence-corrected chi connectivity index (χ3v) is 3.64. The number of urea groups is 1. The van der Waals surface area contributed by atoms with E-state index in [1.807, 2.05) is 18.2 Å². The molecule has 0 aliphatic carbocycles. The van der Waals surface area contributed by atoms with E-state index in [-0.39, 0.29) is 6.47 Å². The largest absolute Gasteiger partial charge is 0.483 e. The van der Waals surface area contributed by atoms with Crippen LogP contribution in [0.4, 0.5) is 4.79 Å². The molecule has 3 rings (SSSR count). The molecular weight excluding hydrogens is 312 g/mol. The summed E-state index contributed by atoms with van der Waals surface area (Å²) in [6.07, 6.45) is 5.00. The zero-order valence-electron chi connectivity index (χ0n) is 12.9. The van der Waals surface area contributed by atoms with Crippen molar-refractivity contribution < 1.29 is 14.7 Å². The van der Waals surface area contributed by atoms with Gasteiger partial charge in [-0.15, -0.1) is 0 Å². The number of hydrogen-bond acceptors (Lipinski definition) is 6. The number of nitrogens with zero attached hydrogens (tertiary/aromatic N) is 4. The van der Waals surface area contributed by atoms with Gasteiger partial charge in [-0.3, -0.25) is 9.78 Å². The van der Waals surface area contributed by atoms with E-state index in [0.29, 0.717) is 31.2 Å². The summed E-state index contributed by atoms with van der Waals surface area (Å²) in [5, 5.41) is 10.2. The molecule has 2 amide bonds. The predicted octanol–water partition coefficient (Wildman–Crippen LogP) is -0.200. The number of piperazine rings is 1. The molecule has 0 aromatic carbocycles. The zero-order valence-corrected chi connectivity index (χ0v) is 12.9. The average molecular weight is 330 g/mol. The molecule has 1 aliphatic heterocycles. The van der Waals surface area contributed by atoms with Gasteiger partial charge in [-0.2, -0.15) is 0 Å². The second-order valence-corrected chi connectivity index (χ2v) is 4.92. The number of rotatable bonds is 2. The first-order chi connectivity index (χ1) is 11.7. The monoisotopic (exact) mass is 330 g/mol. The van der Waals surface area contributed by atoms with Crippen LogP contribution in [0.15, 0.2) is 42.9 Å². The quantitative estimate of drug-likeness (QED) is 0.649. The van der Waals surface area contributed by atoms with Gasteiger partial charge in [-0.05, 0) is 18.2 Å². The topological polar surface area (TPSA) is 134 Å². The number of carbonyl (C=O) groups excluding carboxylic acids is 1. The molecule has 0 radical (unpaired) electrons. The maximum atomic E-state index is 12.0. The second-order valence-electron chi connectivity index (χ2n) is 4.92. The summed E-state index contributed by atoms with van der Waals surface area (Å²) in [7, 11) is 0. The molecule has 9 heteroatoms. The van der Waals surface area contributed by atoms with Crippen molar-refractivity contribution in [3.8, 4) is 0 Å². The Hall–Kier alpha value is -3.07. The van der Waals surface area contributed by atoms with E-state index >= 15 is 0 Å². The Balaban J connectivity index is 0.000000647. The fourth-order valence-corrected chi connectivity index (χ4v) is 2.71. The Bertz CT molecular complexity index is 628. The molecule has 4 N–H and O–H groups in total. The molecule has 1 atom stereocenters. The lowest BCUT2D eigenvalue weighted by atomic mass is 9.89. The van der Waals surface area contributed by atoms with Crippen LogP contribution in [0.5, 0.6) is 0 Å². The van der Waals surface area contributed by atoms with E-state index in [1.54, 1.807) is 29.6 Å². The van der Waals surface area contributed by atoms with E-state index in [4.69, 9.17) is 15.6 Å². The van der Waals surface area contributed by atoms with Crippen molar-refractivity contribution in [3.05, 3.63) is 54.4 Å². The summed E-state index contributed by atoms with van der Waals surface area (Å²) in [5.74, 6) is 0.509. The van der Waals surface area contributed by atoms with Crippen molar-refractivity contribution in [2.24, 2.45) is 5.73 Å². The Kier molecular flexibility index (Phi) is 5.74. The van der Waals surface area contributed by atoms with Crippen molar-refractivity contribution in [2.45, 2.75) is 5.54 Å². The molecule has 2 aromatic rings. The van der Waals surface area contributed by atoms with Crippen molar-refractivity contribution >= 4 is 12.5 Å². The lowest BCUT2D eigenvalue weighted by Gasteiger charge is -2.44. The number of hydrogen-bond donors (Lipinski definition) is 3. The fourth-order valence-electron chi connectivity index (χ4n) is 2.71. The Morgan fingerprint density at radius 1 is 1.25 bits per heavy atom. The molecular formula is C15H18N6O3. The van der Waals surface area contributed by atoms with Crippen LogP contribution in [0.25, 0.3) is 0 Å². The van der Waals surface area contributed by atoms with Crippen LogP contribution in [0.1, 0.15) is 11.5 Å². The number of aromatic nitrogens is 3. The van der Waals surface area contributed by atoms with Crippen LogP contribution in [0.2, 0.25) is 0 Å². The van der Waals surface area contributed by atoms with E-state index in [1.165, 1.54) is 0 Å². The van der Waals surface area contributed by atoms with Gasteiger partial charge in [0.15, 0.2) is 11.4 Å². The van der Waals surface area contributed by atoms with Crippen molar-refractivity contribution in [1.29, 1.82) is 0 Å². The maximum absolute atomic E-state index is 12.0. The fraction of sp³-hybridized carbons (Fsp3) is 0.267. The smallest absolute Gasteiger partial charge is 0.316 e. The minimum atomic E-state index is -0.882. The van der Waals surface area contributed by atoms with Gasteiger partial charge in [0, 0.05) is 38.2 Å². The standard InChI is InChI=1S/C14H16N6O.CH2O2/c15-13(21)20-9-8-16-10-14(20,11-4-1-2-5-17-11)12-18-6-3-7-19-12;2-1-3/h1-7,16H,8-10H2,(H2,15,21);1H,(H,2,3). The van der Waals surface area contributed by atoms with Gasteiger partial charge in [0.1, 0.15) is 0 Å². The Morgan fingerprint density at radius 3 is 2.50 bits per heavy atom. The lowest BCUT2D eigenvalue weighted by molar-refractivity contribution is -0.122. The summed E-state index contributed by atoms with van der Waals surface area (Å²) >= 11 is 0. The molecule has 3 heterocycles. The minimum Gasteiger partial charge on any atom is -0.483 e. The summed E-state index contributed by atoms with van der Waals surface area (Å²) in [6.45, 7) is 1.37. The third-order valence-electron chi connectivity index (χ3n) is 3.64. The Labute approximate surface area is 138 Å². The average Bonchev–Trinajstić information content (AvgIpc) is 2.63. The number of primary amides is 1. The molecule has 1 saturated heterocycles. The van der Waals surface area contributed by atoms with Gasteiger partial charge in [-0.25, -0.2) is 14.8 Å². The minimum absolute atomic E-state index is 0.250. The third kappa shape index (κ3) is 3.30. The van der Waals surface area contributed by atoms with E-state index in [2.05, 4.69) is 20.3 Å². The molecule has 9 nitrogen and oxygen atoms in total. The number of carbonyl (C=O) groups is 2. The zero-order chi connectivity index (χ0) is 17.4. The number of nitrogens with one attached hydrogen (secondary N) is 1.